The summed E-state index contributed by atoms with van der Waals surface area (Å²) in [5.41, 5.74) is 5.27. The van der Waals surface area contributed by atoms with Crippen LogP contribution in [0.2, 0.25) is 0 Å². The second kappa shape index (κ2) is 9.05. The van der Waals surface area contributed by atoms with Gasteiger partial charge in [0, 0.05) is 43.2 Å². The number of piperidine rings is 1. The second-order valence-corrected chi connectivity index (χ2v) is 9.55. The van der Waals surface area contributed by atoms with Crippen LogP contribution in [0.4, 0.5) is 5.69 Å². The number of amides is 2. The van der Waals surface area contributed by atoms with Gasteiger partial charge in [0.05, 0.1) is 5.92 Å². The van der Waals surface area contributed by atoms with Crippen LogP contribution < -0.4 is 4.90 Å². The number of anilines is 1. The molecule has 0 spiro atoms. The predicted molar refractivity (Wildman–Crippen MR) is 129 cm³/mol. The van der Waals surface area contributed by atoms with Gasteiger partial charge in [-0.1, -0.05) is 29.4 Å². The summed E-state index contributed by atoms with van der Waals surface area (Å²) in [4.78, 5) is 34.2. The van der Waals surface area contributed by atoms with Crippen molar-refractivity contribution in [3.05, 3.63) is 65.0 Å². The van der Waals surface area contributed by atoms with Crippen LogP contribution >= 0.6 is 0 Å². The summed E-state index contributed by atoms with van der Waals surface area (Å²) in [7, 11) is 0. The van der Waals surface area contributed by atoms with Crippen molar-refractivity contribution in [2.75, 3.05) is 24.5 Å². The summed E-state index contributed by atoms with van der Waals surface area (Å²) in [6.07, 6.45) is 1.86. The molecule has 7 nitrogen and oxygen atoms in total. The van der Waals surface area contributed by atoms with Crippen molar-refractivity contribution in [3.8, 4) is 11.5 Å². The highest BCUT2D eigenvalue weighted by Gasteiger charge is 2.38. The van der Waals surface area contributed by atoms with Gasteiger partial charge in [-0.2, -0.15) is 4.98 Å². The van der Waals surface area contributed by atoms with Crippen molar-refractivity contribution in [3.63, 3.8) is 0 Å². The van der Waals surface area contributed by atoms with Crippen LogP contribution in [-0.2, 0) is 9.59 Å². The van der Waals surface area contributed by atoms with E-state index in [0.29, 0.717) is 31.3 Å². The molecule has 3 heterocycles. The molecule has 1 aromatic heterocycles. The Morgan fingerprint density at radius 2 is 1.76 bits per heavy atom. The Hall–Kier alpha value is -3.48. The van der Waals surface area contributed by atoms with Gasteiger partial charge < -0.3 is 14.3 Å². The zero-order chi connectivity index (χ0) is 23.8. The molecule has 2 aliphatic heterocycles. The van der Waals surface area contributed by atoms with E-state index in [1.54, 1.807) is 4.90 Å². The SMILES string of the molecule is Cc1ccc(N2C[C@@H](C(=O)N3CCC(c4noc(-c5ccccc5C)n4)CC3)CC2=O)cc1C. The van der Waals surface area contributed by atoms with Gasteiger partial charge in [-0.3, -0.25) is 9.59 Å². The van der Waals surface area contributed by atoms with Gasteiger partial charge >= 0.3 is 0 Å². The highest BCUT2D eigenvalue weighted by Crippen LogP contribution is 2.32. The highest BCUT2D eigenvalue weighted by molar-refractivity contribution is 6.00. The zero-order valence-corrected chi connectivity index (χ0v) is 20.0. The molecule has 0 bridgehead atoms. The number of rotatable bonds is 4. The van der Waals surface area contributed by atoms with Crippen molar-refractivity contribution in [2.24, 2.45) is 5.92 Å². The summed E-state index contributed by atoms with van der Waals surface area (Å²) in [5.74, 6) is 1.23. The first kappa shape index (κ1) is 22.3. The monoisotopic (exact) mass is 458 g/mol. The fourth-order valence-corrected chi connectivity index (χ4v) is 4.96. The maximum Gasteiger partial charge on any atom is 0.258 e. The van der Waals surface area contributed by atoms with E-state index in [1.807, 2.05) is 61.2 Å². The lowest BCUT2D eigenvalue weighted by Crippen LogP contribution is -2.42. The van der Waals surface area contributed by atoms with E-state index < -0.39 is 0 Å². The molecule has 0 saturated carbocycles. The normalized spacial score (nSPS) is 19.1. The Kier molecular flexibility index (Phi) is 5.94. The molecular formula is C27H30N4O3. The Bertz CT molecular complexity index is 1230. The van der Waals surface area contributed by atoms with Gasteiger partial charge in [-0.25, -0.2) is 0 Å². The lowest BCUT2D eigenvalue weighted by atomic mass is 9.95. The topological polar surface area (TPSA) is 79.5 Å². The Morgan fingerprint density at radius 1 is 1.00 bits per heavy atom. The third-order valence-corrected chi connectivity index (χ3v) is 7.27. The van der Waals surface area contributed by atoms with Crippen LogP contribution in [0.15, 0.2) is 47.0 Å². The molecule has 7 heteroatoms. The Morgan fingerprint density at radius 3 is 2.50 bits per heavy atom. The van der Waals surface area contributed by atoms with E-state index in [2.05, 4.69) is 17.1 Å². The van der Waals surface area contributed by atoms with Gasteiger partial charge in [-0.05, 0) is 68.5 Å². The first-order chi connectivity index (χ1) is 16.4. The van der Waals surface area contributed by atoms with Crippen molar-refractivity contribution in [1.82, 2.24) is 15.0 Å². The summed E-state index contributed by atoms with van der Waals surface area (Å²) in [6.45, 7) is 7.86. The standard InChI is InChI=1S/C27H30N4O3/c1-17-8-9-22(14-19(17)3)31-16-21(15-24(31)32)27(33)30-12-10-20(11-13-30)25-28-26(34-29-25)23-7-5-4-6-18(23)2/h4-9,14,20-21H,10-13,15-16H2,1-3H3/t21-/m0/s1. The minimum atomic E-state index is -0.288. The van der Waals surface area contributed by atoms with Gasteiger partial charge in [0.15, 0.2) is 5.82 Å². The summed E-state index contributed by atoms with van der Waals surface area (Å²) < 4.78 is 5.54. The second-order valence-electron chi connectivity index (χ2n) is 9.55. The summed E-state index contributed by atoms with van der Waals surface area (Å²) in [5, 5.41) is 4.23. The van der Waals surface area contributed by atoms with Crippen LogP contribution in [-0.4, -0.2) is 46.5 Å². The fourth-order valence-electron chi connectivity index (χ4n) is 4.96. The van der Waals surface area contributed by atoms with Crippen molar-refractivity contribution in [1.29, 1.82) is 0 Å². The minimum absolute atomic E-state index is 0.0204. The average Bonchev–Trinajstić information content (AvgIpc) is 3.48. The van der Waals surface area contributed by atoms with Crippen molar-refractivity contribution >= 4 is 17.5 Å². The molecule has 0 N–H and O–H groups in total. The molecule has 2 amide bonds. The van der Waals surface area contributed by atoms with Gasteiger partial charge in [0.2, 0.25) is 11.8 Å². The molecule has 2 fully saturated rings. The maximum absolute atomic E-state index is 13.2. The molecule has 0 unspecified atom stereocenters. The van der Waals surface area contributed by atoms with E-state index in [9.17, 15) is 9.59 Å². The predicted octanol–water partition coefficient (Wildman–Crippen LogP) is 4.42. The van der Waals surface area contributed by atoms with E-state index >= 15 is 0 Å². The zero-order valence-electron chi connectivity index (χ0n) is 20.0. The van der Waals surface area contributed by atoms with Gasteiger partial charge in [0.1, 0.15) is 0 Å². The molecule has 5 rings (SSSR count). The van der Waals surface area contributed by atoms with Crippen LogP contribution in [0.1, 0.15) is 47.7 Å². The highest BCUT2D eigenvalue weighted by atomic mass is 16.5. The van der Waals surface area contributed by atoms with Crippen molar-refractivity contribution < 1.29 is 14.1 Å². The molecule has 2 saturated heterocycles. The number of benzene rings is 2. The lowest BCUT2D eigenvalue weighted by Gasteiger charge is -2.32. The van der Waals surface area contributed by atoms with E-state index in [0.717, 1.165) is 35.2 Å². The van der Waals surface area contributed by atoms with Crippen LogP contribution in [0.3, 0.4) is 0 Å². The fraction of sp³-hybridized carbons (Fsp3) is 0.407. The van der Waals surface area contributed by atoms with Gasteiger partial charge in [0.25, 0.3) is 5.89 Å². The number of carbonyl (C=O) groups is 2. The molecular weight excluding hydrogens is 428 g/mol. The first-order valence-corrected chi connectivity index (χ1v) is 12.0. The van der Waals surface area contributed by atoms with Crippen molar-refractivity contribution in [2.45, 2.75) is 46.0 Å². The summed E-state index contributed by atoms with van der Waals surface area (Å²) >= 11 is 0. The molecule has 34 heavy (non-hydrogen) atoms. The molecule has 2 aromatic carbocycles. The van der Waals surface area contributed by atoms with Gasteiger partial charge in [-0.15, -0.1) is 0 Å². The lowest BCUT2D eigenvalue weighted by molar-refractivity contribution is -0.136. The van der Waals surface area contributed by atoms with Crippen LogP contribution in [0.25, 0.3) is 11.5 Å². The first-order valence-electron chi connectivity index (χ1n) is 12.0. The van der Waals surface area contributed by atoms with Crippen LogP contribution in [0, 0.1) is 26.7 Å². The van der Waals surface area contributed by atoms with Crippen LogP contribution in [0.5, 0.6) is 0 Å². The minimum Gasteiger partial charge on any atom is -0.342 e. The van der Waals surface area contributed by atoms with E-state index in [-0.39, 0.29) is 30.1 Å². The summed E-state index contributed by atoms with van der Waals surface area (Å²) in [6, 6.07) is 14.0. The number of hydrogen-bond donors (Lipinski definition) is 0. The maximum atomic E-state index is 13.2. The third kappa shape index (κ3) is 4.22. The molecule has 0 aliphatic carbocycles. The quantitative estimate of drug-likeness (QED) is 0.578. The smallest absolute Gasteiger partial charge is 0.258 e. The number of nitrogens with zero attached hydrogens (tertiary/aromatic N) is 4. The average molecular weight is 459 g/mol. The molecule has 1 atom stereocenters. The molecule has 0 radical (unpaired) electrons. The van der Waals surface area contributed by atoms with E-state index in [1.165, 1.54) is 5.56 Å². The molecule has 2 aliphatic rings. The largest absolute Gasteiger partial charge is 0.342 e. The number of likely N-dealkylation sites (tertiary alicyclic amines) is 1. The number of carbonyl (C=O) groups excluding carboxylic acids is 2. The third-order valence-electron chi connectivity index (χ3n) is 7.27. The number of aryl methyl sites for hydroxylation is 3. The molecule has 176 valence electrons. The van der Waals surface area contributed by atoms with E-state index in [4.69, 9.17) is 4.52 Å². The number of aromatic nitrogens is 2. The number of hydrogen-bond acceptors (Lipinski definition) is 5. The molecule has 3 aromatic rings. The Balaban J connectivity index is 1.20. The Labute approximate surface area is 199 Å².